The molecule has 6 nitrogen and oxygen atoms in total. The van der Waals surface area contributed by atoms with E-state index in [0.29, 0.717) is 17.3 Å². The highest BCUT2D eigenvalue weighted by Gasteiger charge is 2.17. The quantitative estimate of drug-likeness (QED) is 0.579. The summed E-state index contributed by atoms with van der Waals surface area (Å²) in [5.41, 5.74) is 3.34. The minimum Gasteiger partial charge on any atom is -0.465 e. The summed E-state index contributed by atoms with van der Waals surface area (Å²) in [5.74, 6) is 0. The molecule has 1 aromatic heterocycles. The molecule has 1 amide bonds. The number of hydrogen-bond donors (Lipinski definition) is 3. The van der Waals surface area contributed by atoms with E-state index in [9.17, 15) is 4.79 Å². The van der Waals surface area contributed by atoms with Gasteiger partial charge in [-0.3, -0.25) is 5.10 Å². The number of carboxylic acid groups (broad SMARTS) is 1. The van der Waals surface area contributed by atoms with Crippen molar-refractivity contribution in [2.45, 2.75) is 12.7 Å². The SMILES string of the molecule is O=C(O)NCC(OCc1ccccc1)c1cc(-c2ccc(Cl)cc2)n[nH]1. The third-order valence-electron chi connectivity index (χ3n) is 3.82. The summed E-state index contributed by atoms with van der Waals surface area (Å²) in [6, 6.07) is 18.9. The largest absolute Gasteiger partial charge is 0.465 e. The summed E-state index contributed by atoms with van der Waals surface area (Å²) in [4.78, 5) is 10.9. The van der Waals surface area contributed by atoms with Crippen LogP contribution < -0.4 is 5.32 Å². The van der Waals surface area contributed by atoms with Crippen LogP contribution in [-0.4, -0.2) is 27.9 Å². The van der Waals surface area contributed by atoms with Gasteiger partial charge in [0.05, 0.1) is 24.5 Å². The molecule has 0 saturated carbocycles. The highest BCUT2D eigenvalue weighted by atomic mass is 35.5. The summed E-state index contributed by atoms with van der Waals surface area (Å²) in [5, 5.41) is 19.1. The Hall–Kier alpha value is -2.83. The number of aromatic amines is 1. The Morgan fingerprint density at radius 3 is 2.62 bits per heavy atom. The molecule has 7 heteroatoms. The van der Waals surface area contributed by atoms with Crippen LogP contribution in [0.1, 0.15) is 17.4 Å². The molecule has 134 valence electrons. The molecule has 0 spiro atoms. The first-order chi connectivity index (χ1) is 12.6. The fourth-order valence-electron chi connectivity index (χ4n) is 2.48. The van der Waals surface area contributed by atoms with Crippen LogP contribution in [0.25, 0.3) is 11.3 Å². The number of carbonyl (C=O) groups is 1. The molecule has 0 radical (unpaired) electrons. The molecule has 1 heterocycles. The second-order valence-corrected chi connectivity index (χ2v) is 6.12. The Morgan fingerprint density at radius 2 is 1.92 bits per heavy atom. The predicted octanol–water partition coefficient (Wildman–Crippen LogP) is 4.26. The molecule has 3 aromatic rings. The summed E-state index contributed by atoms with van der Waals surface area (Å²) < 4.78 is 5.91. The van der Waals surface area contributed by atoms with Crippen LogP contribution in [0.15, 0.2) is 60.7 Å². The topological polar surface area (TPSA) is 87.2 Å². The van der Waals surface area contributed by atoms with E-state index in [4.69, 9.17) is 21.4 Å². The molecule has 0 aliphatic carbocycles. The smallest absolute Gasteiger partial charge is 0.404 e. The van der Waals surface area contributed by atoms with E-state index in [1.807, 2.05) is 48.5 Å². The van der Waals surface area contributed by atoms with Gasteiger partial charge in [0.15, 0.2) is 0 Å². The summed E-state index contributed by atoms with van der Waals surface area (Å²) in [6.07, 6.45) is -1.59. The third kappa shape index (κ3) is 4.84. The van der Waals surface area contributed by atoms with Crippen LogP contribution in [0.4, 0.5) is 4.79 Å². The first-order valence-corrected chi connectivity index (χ1v) is 8.43. The Bertz CT molecular complexity index is 850. The van der Waals surface area contributed by atoms with Gasteiger partial charge in [-0.05, 0) is 23.8 Å². The molecule has 0 bridgehead atoms. The van der Waals surface area contributed by atoms with E-state index >= 15 is 0 Å². The average Bonchev–Trinajstić information content (AvgIpc) is 3.13. The number of aromatic nitrogens is 2. The van der Waals surface area contributed by atoms with Gasteiger partial charge < -0.3 is 15.2 Å². The molecular formula is C19H18ClN3O3. The van der Waals surface area contributed by atoms with E-state index < -0.39 is 12.2 Å². The number of rotatable bonds is 7. The zero-order valence-corrected chi connectivity index (χ0v) is 14.6. The molecular weight excluding hydrogens is 354 g/mol. The zero-order chi connectivity index (χ0) is 18.4. The van der Waals surface area contributed by atoms with Gasteiger partial charge in [-0.25, -0.2) is 4.79 Å². The number of H-pyrrole nitrogens is 1. The summed E-state index contributed by atoms with van der Waals surface area (Å²) in [7, 11) is 0. The maximum absolute atomic E-state index is 10.9. The minimum absolute atomic E-state index is 0.115. The van der Waals surface area contributed by atoms with Crippen molar-refractivity contribution in [3.8, 4) is 11.3 Å². The van der Waals surface area contributed by atoms with Crippen LogP contribution in [0.3, 0.4) is 0 Å². The second-order valence-electron chi connectivity index (χ2n) is 5.69. The van der Waals surface area contributed by atoms with E-state index in [2.05, 4.69) is 15.5 Å². The molecule has 3 rings (SSSR count). The van der Waals surface area contributed by atoms with Crippen molar-refractivity contribution in [1.29, 1.82) is 0 Å². The molecule has 0 aliphatic rings. The minimum atomic E-state index is -1.10. The molecule has 26 heavy (non-hydrogen) atoms. The number of nitrogens with one attached hydrogen (secondary N) is 2. The third-order valence-corrected chi connectivity index (χ3v) is 4.07. The molecule has 1 unspecified atom stereocenters. The van der Waals surface area contributed by atoms with Gasteiger partial charge in [0.1, 0.15) is 6.10 Å². The van der Waals surface area contributed by atoms with Crippen molar-refractivity contribution in [2.75, 3.05) is 6.54 Å². The van der Waals surface area contributed by atoms with Crippen LogP contribution in [0.2, 0.25) is 5.02 Å². The number of benzene rings is 2. The van der Waals surface area contributed by atoms with Crippen molar-refractivity contribution in [1.82, 2.24) is 15.5 Å². The van der Waals surface area contributed by atoms with Crippen molar-refractivity contribution >= 4 is 17.7 Å². The number of ether oxygens (including phenoxy) is 1. The highest BCUT2D eigenvalue weighted by molar-refractivity contribution is 6.30. The molecule has 1 atom stereocenters. The van der Waals surface area contributed by atoms with E-state index in [0.717, 1.165) is 16.8 Å². The lowest BCUT2D eigenvalue weighted by Crippen LogP contribution is -2.28. The maximum atomic E-state index is 10.9. The summed E-state index contributed by atoms with van der Waals surface area (Å²) >= 11 is 5.91. The lowest BCUT2D eigenvalue weighted by Gasteiger charge is -2.16. The van der Waals surface area contributed by atoms with Gasteiger partial charge >= 0.3 is 6.09 Å². The molecule has 2 aromatic carbocycles. The summed E-state index contributed by atoms with van der Waals surface area (Å²) in [6.45, 7) is 0.479. The van der Waals surface area contributed by atoms with Gasteiger partial charge in [0.2, 0.25) is 0 Å². The van der Waals surface area contributed by atoms with Crippen molar-refractivity contribution in [3.63, 3.8) is 0 Å². The zero-order valence-electron chi connectivity index (χ0n) is 13.9. The Morgan fingerprint density at radius 1 is 1.19 bits per heavy atom. The number of nitrogens with zero attached hydrogens (tertiary/aromatic N) is 1. The number of amides is 1. The normalized spacial score (nSPS) is 11.9. The Kier molecular flexibility index (Phi) is 5.88. The first-order valence-electron chi connectivity index (χ1n) is 8.05. The van der Waals surface area contributed by atoms with Gasteiger partial charge in [0.25, 0.3) is 0 Å². The second kappa shape index (κ2) is 8.51. The van der Waals surface area contributed by atoms with Gasteiger partial charge in [0, 0.05) is 10.6 Å². The Balaban J connectivity index is 1.75. The lowest BCUT2D eigenvalue weighted by atomic mass is 10.1. The van der Waals surface area contributed by atoms with Crippen LogP contribution >= 0.6 is 11.6 Å². The van der Waals surface area contributed by atoms with Crippen LogP contribution in [0, 0.1) is 0 Å². The highest BCUT2D eigenvalue weighted by Crippen LogP contribution is 2.24. The van der Waals surface area contributed by atoms with E-state index in [1.165, 1.54) is 0 Å². The molecule has 3 N–H and O–H groups in total. The van der Waals surface area contributed by atoms with Gasteiger partial charge in [-0.15, -0.1) is 0 Å². The van der Waals surface area contributed by atoms with Gasteiger partial charge in [-0.1, -0.05) is 54.1 Å². The van der Waals surface area contributed by atoms with Crippen LogP contribution in [0.5, 0.6) is 0 Å². The first kappa shape index (κ1) is 18.0. The predicted molar refractivity (Wildman–Crippen MR) is 99.0 cm³/mol. The van der Waals surface area contributed by atoms with Gasteiger partial charge in [-0.2, -0.15) is 5.10 Å². The number of halogens is 1. The number of hydrogen-bond acceptors (Lipinski definition) is 3. The van der Waals surface area contributed by atoms with Crippen LogP contribution in [-0.2, 0) is 11.3 Å². The van der Waals surface area contributed by atoms with Crippen molar-refractivity contribution in [2.24, 2.45) is 0 Å². The fraction of sp³-hybridized carbons (Fsp3) is 0.158. The maximum Gasteiger partial charge on any atom is 0.404 e. The molecule has 0 fully saturated rings. The van der Waals surface area contributed by atoms with Crippen molar-refractivity contribution < 1.29 is 14.6 Å². The fourth-order valence-corrected chi connectivity index (χ4v) is 2.61. The monoisotopic (exact) mass is 371 g/mol. The standard InChI is InChI=1S/C19H18ClN3O3/c20-15-8-6-14(7-9-15)16-10-17(23-22-16)18(11-21-19(24)25)26-12-13-4-2-1-3-5-13/h1-10,18,21H,11-12H2,(H,22,23)(H,24,25). The van der Waals surface area contributed by atoms with E-state index in [-0.39, 0.29) is 6.54 Å². The average molecular weight is 372 g/mol. The van der Waals surface area contributed by atoms with Crippen molar-refractivity contribution in [3.05, 3.63) is 76.9 Å². The molecule has 0 saturated heterocycles. The molecule has 0 aliphatic heterocycles. The Labute approximate surface area is 155 Å². The van der Waals surface area contributed by atoms with E-state index in [1.54, 1.807) is 12.1 Å². The lowest BCUT2D eigenvalue weighted by molar-refractivity contribution is 0.0372.